The van der Waals surface area contributed by atoms with Crippen LogP contribution in [0.15, 0.2) is 30.3 Å². The molecule has 1 saturated heterocycles. The molecule has 0 spiro atoms. The third kappa shape index (κ3) is 3.49. The highest BCUT2D eigenvalue weighted by atomic mass is 16.2. The molecule has 1 fully saturated rings. The summed E-state index contributed by atoms with van der Waals surface area (Å²) in [4.78, 5) is 19.2. The first-order chi connectivity index (χ1) is 13.5. The smallest absolute Gasteiger partial charge is 0.323 e. The molecule has 0 bridgehead atoms. The number of piperidine rings is 1. The molecule has 0 unspecified atom stereocenters. The van der Waals surface area contributed by atoms with Crippen molar-refractivity contribution in [2.24, 2.45) is 7.05 Å². The lowest BCUT2D eigenvalue weighted by Gasteiger charge is -2.31. The Balaban J connectivity index is 1.50. The highest BCUT2D eigenvalue weighted by molar-refractivity contribution is 5.90. The largest absolute Gasteiger partial charge is 0.324 e. The van der Waals surface area contributed by atoms with Gasteiger partial charge in [0.2, 0.25) is 0 Å². The van der Waals surface area contributed by atoms with Crippen LogP contribution in [-0.4, -0.2) is 49.0 Å². The van der Waals surface area contributed by atoms with Gasteiger partial charge in [-0.1, -0.05) is 30.3 Å². The Morgan fingerprint density at radius 3 is 2.75 bits per heavy atom. The number of nitrogens with one attached hydrogen (secondary N) is 2. The number of aryl methyl sites for hydroxylation is 2. The summed E-state index contributed by atoms with van der Waals surface area (Å²) >= 11 is 0. The quantitative estimate of drug-likeness (QED) is 0.731. The Morgan fingerprint density at radius 2 is 2.04 bits per heavy atom. The maximum absolute atomic E-state index is 12.9. The standard InChI is InChI=1S/C20H25N7O/c1-13-17(15-8-5-4-6-9-15)25-26(3)19(13)22-20(28)27-11-7-10-16(12-27)18-21-14(2)23-24-18/h4-6,8-9,16H,7,10-12H2,1-3H3,(H,22,28)(H,21,23,24)/t16-/m0/s1. The summed E-state index contributed by atoms with van der Waals surface area (Å²) in [6.07, 6.45) is 1.93. The Bertz CT molecular complexity index is 976. The van der Waals surface area contributed by atoms with Crippen molar-refractivity contribution in [3.63, 3.8) is 0 Å². The van der Waals surface area contributed by atoms with Gasteiger partial charge in [-0.2, -0.15) is 10.2 Å². The molecule has 0 aliphatic carbocycles. The van der Waals surface area contributed by atoms with Crippen molar-refractivity contribution in [1.29, 1.82) is 0 Å². The Kier molecular flexibility index (Phi) is 4.85. The summed E-state index contributed by atoms with van der Waals surface area (Å²) in [5.74, 6) is 2.48. The highest BCUT2D eigenvalue weighted by Crippen LogP contribution is 2.29. The summed E-state index contributed by atoms with van der Waals surface area (Å²) in [7, 11) is 1.85. The lowest BCUT2D eigenvalue weighted by molar-refractivity contribution is 0.191. The summed E-state index contributed by atoms with van der Waals surface area (Å²) in [6.45, 7) is 5.22. The molecule has 1 aliphatic heterocycles. The van der Waals surface area contributed by atoms with Crippen molar-refractivity contribution in [3.05, 3.63) is 47.5 Å². The van der Waals surface area contributed by atoms with Crippen LogP contribution < -0.4 is 5.32 Å². The van der Waals surface area contributed by atoms with Crippen molar-refractivity contribution in [1.82, 2.24) is 29.9 Å². The zero-order valence-electron chi connectivity index (χ0n) is 16.4. The Morgan fingerprint density at radius 1 is 1.25 bits per heavy atom. The van der Waals surface area contributed by atoms with Crippen LogP contribution in [0.4, 0.5) is 10.6 Å². The lowest BCUT2D eigenvalue weighted by atomic mass is 9.98. The molecule has 146 valence electrons. The molecule has 28 heavy (non-hydrogen) atoms. The minimum atomic E-state index is -0.109. The monoisotopic (exact) mass is 379 g/mol. The molecular formula is C20H25N7O. The Hall–Kier alpha value is -3.16. The van der Waals surface area contributed by atoms with Crippen molar-refractivity contribution in [2.75, 3.05) is 18.4 Å². The number of carbonyl (C=O) groups is 1. The second-order valence-corrected chi connectivity index (χ2v) is 7.31. The van der Waals surface area contributed by atoms with Crippen LogP contribution in [-0.2, 0) is 7.05 Å². The number of benzene rings is 1. The SMILES string of the molecule is Cc1nc([C@H]2CCCN(C(=O)Nc3c(C)c(-c4ccccc4)nn3C)C2)n[nH]1. The van der Waals surface area contributed by atoms with E-state index in [4.69, 9.17) is 0 Å². The van der Waals surface area contributed by atoms with Crippen LogP contribution in [0.25, 0.3) is 11.3 Å². The fourth-order valence-corrected chi connectivity index (χ4v) is 3.77. The fraction of sp³-hybridized carbons (Fsp3) is 0.400. The molecule has 0 radical (unpaired) electrons. The number of hydrogen-bond donors (Lipinski definition) is 2. The van der Waals surface area contributed by atoms with Crippen molar-refractivity contribution < 1.29 is 4.79 Å². The number of aromatic nitrogens is 5. The molecule has 2 amide bonds. The van der Waals surface area contributed by atoms with E-state index in [2.05, 4.69) is 25.6 Å². The molecule has 1 atom stereocenters. The average Bonchev–Trinajstić information content (AvgIpc) is 3.27. The minimum absolute atomic E-state index is 0.109. The predicted molar refractivity (Wildman–Crippen MR) is 107 cm³/mol. The van der Waals surface area contributed by atoms with E-state index in [-0.39, 0.29) is 11.9 Å². The first-order valence-corrected chi connectivity index (χ1v) is 9.56. The van der Waals surface area contributed by atoms with E-state index >= 15 is 0 Å². The van der Waals surface area contributed by atoms with Gasteiger partial charge in [0, 0.05) is 37.2 Å². The fourth-order valence-electron chi connectivity index (χ4n) is 3.77. The predicted octanol–water partition coefficient (Wildman–Crippen LogP) is 3.23. The minimum Gasteiger partial charge on any atom is -0.324 e. The van der Waals surface area contributed by atoms with E-state index in [0.717, 1.165) is 53.7 Å². The van der Waals surface area contributed by atoms with Crippen molar-refractivity contribution >= 4 is 11.8 Å². The molecule has 2 N–H and O–H groups in total. The number of hydrogen-bond acceptors (Lipinski definition) is 4. The number of aromatic amines is 1. The van der Waals surface area contributed by atoms with E-state index in [0.29, 0.717) is 6.54 Å². The number of rotatable bonds is 3. The number of anilines is 1. The van der Waals surface area contributed by atoms with Gasteiger partial charge in [-0.05, 0) is 26.7 Å². The molecule has 8 nitrogen and oxygen atoms in total. The Labute approximate surface area is 164 Å². The number of nitrogens with zero attached hydrogens (tertiary/aromatic N) is 5. The molecule has 3 aromatic rings. The van der Waals surface area contributed by atoms with Gasteiger partial charge >= 0.3 is 6.03 Å². The van der Waals surface area contributed by atoms with E-state index in [1.54, 1.807) is 4.68 Å². The van der Waals surface area contributed by atoms with Gasteiger partial charge in [-0.25, -0.2) is 9.78 Å². The lowest BCUT2D eigenvalue weighted by Crippen LogP contribution is -2.42. The normalized spacial score (nSPS) is 17.0. The van der Waals surface area contributed by atoms with Crippen molar-refractivity contribution in [3.8, 4) is 11.3 Å². The van der Waals surface area contributed by atoms with Gasteiger partial charge in [-0.15, -0.1) is 0 Å². The number of carbonyl (C=O) groups excluding carboxylic acids is 1. The number of H-pyrrole nitrogens is 1. The summed E-state index contributed by atoms with van der Waals surface area (Å²) < 4.78 is 1.73. The van der Waals surface area contributed by atoms with E-state index in [9.17, 15) is 4.79 Å². The molecule has 1 aromatic carbocycles. The zero-order chi connectivity index (χ0) is 19.7. The molecule has 8 heteroatoms. The van der Waals surface area contributed by atoms with Crippen LogP contribution in [0.3, 0.4) is 0 Å². The second-order valence-electron chi connectivity index (χ2n) is 7.31. The van der Waals surface area contributed by atoms with Crippen molar-refractivity contribution in [2.45, 2.75) is 32.6 Å². The first kappa shape index (κ1) is 18.2. The number of likely N-dealkylation sites (tertiary alicyclic amines) is 1. The van der Waals surface area contributed by atoms with Crippen LogP contribution in [0.5, 0.6) is 0 Å². The van der Waals surface area contributed by atoms with E-state index < -0.39 is 0 Å². The molecule has 3 heterocycles. The van der Waals surface area contributed by atoms with Gasteiger partial charge in [0.05, 0.1) is 5.69 Å². The maximum Gasteiger partial charge on any atom is 0.323 e. The molecule has 2 aromatic heterocycles. The number of amides is 2. The summed E-state index contributed by atoms with van der Waals surface area (Å²) in [5.41, 5.74) is 2.88. The van der Waals surface area contributed by atoms with E-state index in [1.165, 1.54) is 0 Å². The third-order valence-electron chi connectivity index (χ3n) is 5.24. The summed E-state index contributed by atoms with van der Waals surface area (Å²) in [5, 5.41) is 14.8. The number of urea groups is 1. The molecular weight excluding hydrogens is 354 g/mol. The highest BCUT2D eigenvalue weighted by Gasteiger charge is 2.28. The van der Waals surface area contributed by atoms with Crippen LogP contribution >= 0.6 is 0 Å². The van der Waals surface area contributed by atoms with Gasteiger partial charge in [0.1, 0.15) is 11.6 Å². The average molecular weight is 379 g/mol. The first-order valence-electron chi connectivity index (χ1n) is 9.56. The zero-order valence-corrected chi connectivity index (χ0v) is 16.4. The topological polar surface area (TPSA) is 91.7 Å². The molecule has 1 aliphatic rings. The summed E-state index contributed by atoms with van der Waals surface area (Å²) in [6, 6.07) is 9.89. The van der Waals surface area contributed by atoms with Crippen LogP contribution in [0.2, 0.25) is 0 Å². The maximum atomic E-state index is 12.9. The second kappa shape index (κ2) is 7.46. The molecule has 0 saturated carbocycles. The van der Waals surface area contributed by atoms with Gasteiger partial charge in [0.15, 0.2) is 5.82 Å². The van der Waals surface area contributed by atoms with Gasteiger partial charge < -0.3 is 4.90 Å². The van der Waals surface area contributed by atoms with Gasteiger partial charge in [-0.3, -0.25) is 15.1 Å². The molecule has 4 rings (SSSR count). The van der Waals surface area contributed by atoms with Crippen LogP contribution in [0.1, 0.15) is 36.0 Å². The third-order valence-corrected chi connectivity index (χ3v) is 5.24. The van der Waals surface area contributed by atoms with Gasteiger partial charge in [0.25, 0.3) is 0 Å². The van der Waals surface area contributed by atoms with E-state index in [1.807, 2.05) is 56.1 Å². The van der Waals surface area contributed by atoms with Crippen LogP contribution in [0, 0.1) is 13.8 Å².